The molecule has 0 bridgehead atoms. The molecule has 1 spiro atoms. The normalized spacial score (nSPS) is 28.2. The predicted molar refractivity (Wildman–Crippen MR) is 101 cm³/mol. The van der Waals surface area contributed by atoms with Crippen LogP contribution in [0.3, 0.4) is 0 Å². The predicted octanol–water partition coefficient (Wildman–Crippen LogP) is 3.33. The van der Waals surface area contributed by atoms with E-state index in [1.807, 2.05) is 24.3 Å². The summed E-state index contributed by atoms with van der Waals surface area (Å²) >= 11 is 7.90. The minimum absolute atomic E-state index is 0.0173. The van der Waals surface area contributed by atoms with Crippen molar-refractivity contribution in [3.63, 3.8) is 0 Å². The van der Waals surface area contributed by atoms with Crippen LogP contribution < -0.4 is 0 Å². The number of rotatable bonds is 6. The maximum Gasteiger partial charge on any atom is 0.335 e. The largest absolute Gasteiger partial charge is 0.463 e. The Morgan fingerprint density at radius 1 is 1.46 bits per heavy atom. The molecule has 0 saturated carbocycles. The summed E-state index contributed by atoms with van der Waals surface area (Å²) < 4.78 is 16.9. The minimum Gasteiger partial charge on any atom is -0.463 e. The summed E-state index contributed by atoms with van der Waals surface area (Å²) in [6, 6.07) is 7.71. The van der Waals surface area contributed by atoms with Gasteiger partial charge in [0.2, 0.25) is 0 Å². The van der Waals surface area contributed by atoms with Crippen molar-refractivity contribution >= 4 is 29.3 Å². The van der Waals surface area contributed by atoms with E-state index in [1.165, 1.54) is 0 Å². The van der Waals surface area contributed by atoms with Gasteiger partial charge in [0.15, 0.2) is 5.79 Å². The molecular formula is C19H23ClO5S. The fourth-order valence-electron chi connectivity index (χ4n) is 3.15. The third-order valence-corrected chi connectivity index (χ3v) is 6.21. The molecule has 1 heterocycles. The molecule has 142 valence electrons. The molecule has 1 aromatic carbocycles. The Hall–Kier alpha value is -1.05. The molecule has 1 aliphatic carbocycles. The number of benzene rings is 1. The number of carbonyl (C=O) groups excluding carboxylic acids is 1. The molecule has 5 nitrogen and oxygen atoms in total. The van der Waals surface area contributed by atoms with Gasteiger partial charge in [-0.1, -0.05) is 29.8 Å². The summed E-state index contributed by atoms with van der Waals surface area (Å²) in [6.45, 7) is 2.31. The molecule has 1 N–H and O–H groups in total. The molecule has 26 heavy (non-hydrogen) atoms. The maximum atomic E-state index is 12.5. The van der Waals surface area contributed by atoms with E-state index in [4.69, 9.17) is 25.8 Å². The van der Waals surface area contributed by atoms with E-state index in [-0.39, 0.29) is 23.9 Å². The highest BCUT2D eigenvalue weighted by Crippen LogP contribution is 2.41. The van der Waals surface area contributed by atoms with Crippen LogP contribution in [0.2, 0.25) is 5.02 Å². The van der Waals surface area contributed by atoms with Crippen LogP contribution in [0.1, 0.15) is 25.3 Å². The third kappa shape index (κ3) is 4.43. The number of thioether (sulfide) groups is 1. The summed E-state index contributed by atoms with van der Waals surface area (Å²) in [5.41, 5.74) is 1.60. The first-order chi connectivity index (χ1) is 12.6. The second-order valence-electron chi connectivity index (χ2n) is 6.30. The number of aliphatic hydroxyl groups is 1. The summed E-state index contributed by atoms with van der Waals surface area (Å²) in [5.74, 6) is -0.575. The number of aliphatic hydroxyl groups excluding tert-OH is 1. The van der Waals surface area contributed by atoms with Gasteiger partial charge >= 0.3 is 5.97 Å². The van der Waals surface area contributed by atoms with Crippen molar-refractivity contribution in [2.75, 3.05) is 19.8 Å². The highest BCUT2D eigenvalue weighted by atomic mass is 35.5. The molecule has 3 rings (SSSR count). The summed E-state index contributed by atoms with van der Waals surface area (Å²) in [4.78, 5) is 12.5. The van der Waals surface area contributed by atoms with E-state index in [9.17, 15) is 9.90 Å². The average molecular weight is 399 g/mol. The van der Waals surface area contributed by atoms with E-state index < -0.39 is 5.79 Å². The molecule has 0 aromatic heterocycles. The van der Waals surface area contributed by atoms with Crippen molar-refractivity contribution in [1.29, 1.82) is 0 Å². The molecule has 0 radical (unpaired) electrons. The Bertz CT molecular complexity index is 680. The number of hydrogen-bond donors (Lipinski definition) is 1. The lowest BCUT2D eigenvalue weighted by atomic mass is 9.94. The monoisotopic (exact) mass is 398 g/mol. The molecule has 3 unspecified atom stereocenters. The van der Waals surface area contributed by atoms with Gasteiger partial charge in [0.1, 0.15) is 6.10 Å². The topological polar surface area (TPSA) is 65.0 Å². The zero-order valence-electron chi connectivity index (χ0n) is 14.7. The zero-order valence-corrected chi connectivity index (χ0v) is 16.2. The van der Waals surface area contributed by atoms with E-state index in [0.29, 0.717) is 31.0 Å². The van der Waals surface area contributed by atoms with Crippen LogP contribution in [0.5, 0.6) is 0 Å². The lowest BCUT2D eigenvalue weighted by molar-refractivity contribution is -0.148. The van der Waals surface area contributed by atoms with Crippen LogP contribution in [0.15, 0.2) is 35.9 Å². The zero-order chi connectivity index (χ0) is 18.6. The summed E-state index contributed by atoms with van der Waals surface area (Å²) in [7, 11) is 0. The first-order valence-corrected chi connectivity index (χ1v) is 10.2. The van der Waals surface area contributed by atoms with Gasteiger partial charge in [-0.25, -0.2) is 4.79 Å². The summed E-state index contributed by atoms with van der Waals surface area (Å²) in [5, 5.41) is 10.0. The fourth-order valence-corrected chi connectivity index (χ4v) is 4.70. The van der Waals surface area contributed by atoms with Gasteiger partial charge in [-0.15, -0.1) is 11.8 Å². The van der Waals surface area contributed by atoms with Crippen molar-refractivity contribution in [1.82, 2.24) is 0 Å². The van der Waals surface area contributed by atoms with Crippen molar-refractivity contribution in [3.8, 4) is 0 Å². The highest BCUT2D eigenvalue weighted by Gasteiger charge is 2.45. The van der Waals surface area contributed by atoms with Gasteiger partial charge in [0, 0.05) is 22.4 Å². The summed E-state index contributed by atoms with van der Waals surface area (Å²) in [6.07, 6.45) is 2.74. The maximum absolute atomic E-state index is 12.5. The van der Waals surface area contributed by atoms with E-state index in [2.05, 4.69) is 0 Å². The van der Waals surface area contributed by atoms with E-state index in [1.54, 1.807) is 24.8 Å². The van der Waals surface area contributed by atoms with Gasteiger partial charge in [-0.05, 0) is 31.1 Å². The lowest BCUT2D eigenvalue weighted by Crippen LogP contribution is -2.37. The second kappa shape index (κ2) is 8.76. The molecule has 2 aliphatic rings. The van der Waals surface area contributed by atoms with Crippen LogP contribution in [-0.2, 0) is 24.8 Å². The van der Waals surface area contributed by atoms with Gasteiger partial charge in [0.05, 0.1) is 25.4 Å². The number of esters is 1. The number of carbonyl (C=O) groups is 1. The van der Waals surface area contributed by atoms with Crippen molar-refractivity contribution in [2.24, 2.45) is 0 Å². The molecule has 1 saturated heterocycles. The molecule has 7 heteroatoms. The Kier molecular flexibility index (Phi) is 6.64. The van der Waals surface area contributed by atoms with E-state index >= 15 is 0 Å². The fraction of sp³-hybridized carbons (Fsp3) is 0.526. The van der Waals surface area contributed by atoms with Crippen molar-refractivity contribution in [2.45, 2.75) is 42.7 Å². The molecule has 1 fully saturated rings. The Balaban J connectivity index is 1.76. The first-order valence-electron chi connectivity index (χ1n) is 8.74. The quantitative estimate of drug-likeness (QED) is 0.741. The smallest absolute Gasteiger partial charge is 0.335 e. The van der Waals surface area contributed by atoms with Crippen molar-refractivity contribution < 1.29 is 24.1 Å². The van der Waals surface area contributed by atoms with Crippen LogP contribution in [-0.4, -0.2) is 48.0 Å². The minimum atomic E-state index is -0.934. The molecular weight excluding hydrogens is 376 g/mol. The van der Waals surface area contributed by atoms with Gasteiger partial charge in [-0.2, -0.15) is 0 Å². The van der Waals surface area contributed by atoms with Crippen molar-refractivity contribution in [3.05, 3.63) is 46.5 Å². The third-order valence-electron chi connectivity index (χ3n) is 4.47. The number of halogens is 1. The van der Waals surface area contributed by atoms with Crippen LogP contribution >= 0.6 is 23.4 Å². The highest BCUT2D eigenvalue weighted by molar-refractivity contribution is 7.99. The van der Waals surface area contributed by atoms with Crippen LogP contribution in [0, 0.1) is 0 Å². The van der Waals surface area contributed by atoms with Gasteiger partial charge in [0.25, 0.3) is 0 Å². The number of ether oxygens (including phenoxy) is 3. The Morgan fingerprint density at radius 2 is 2.27 bits per heavy atom. The average Bonchev–Trinajstić information content (AvgIpc) is 3.05. The van der Waals surface area contributed by atoms with Gasteiger partial charge in [-0.3, -0.25) is 0 Å². The molecule has 3 atom stereocenters. The molecule has 1 aromatic rings. The molecule has 1 aliphatic heterocycles. The van der Waals surface area contributed by atoms with E-state index in [0.717, 1.165) is 17.0 Å². The SMILES string of the molecule is CCOC(=O)C1=CC2(CCC1SCc1ccccc1Cl)OCC(CO)O2. The van der Waals surface area contributed by atoms with Crippen LogP contribution in [0.25, 0.3) is 0 Å². The first kappa shape index (κ1) is 19.7. The standard InChI is InChI=1S/C19H23ClO5S/c1-2-23-18(22)15-9-19(24-11-14(10-21)25-19)8-7-17(15)26-12-13-5-3-4-6-16(13)20/h3-6,9,14,17,21H,2,7-8,10-12H2,1H3. The lowest BCUT2D eigenvalue weighted by Gasteiger charge is -2.33. The molecule has 0 amide bonds. The Labute approximate surface area is 162 Å². The Morgan fingerprint density at radius 3 is 2.96 bits per heavy atom. The second-order valence-corrected chi connectivity index (χ2v) is 7.89. The number of hydrogen-bond acceptors (Lipinski definition) is 6. The van der Waals surface area contributed by atoms with Gasteiger partial charge < -0.3 is 19.3 Å². The van der Waals surface area contributed by atoms with Crippen LogP contribution in [0.4, 0.5) is 0 Å².